The monoisotopic (exact) mass is 333 g/mol. The van der Waals surface area contributed by atoms with Gasteiger partial charge in [-0.25, -0.2) is 0 Å². The molecule has 0 aliphatic carbocycles. The van der Waals surface area contributed by atoms with E-state index in [1.54, 1.807) is 4.90 Å². The van der Waals surface area contributed by atoms with Crippen LogP contribution in [0.4, 0.5) is 5.69 Å². The minimum atomic E-state index is -0.567. The highest BCUT2D eigenvalue weighted by Gasteiger charge is 2.32. The first kappa shape index (κ1) is 17.7. The number of nitro groups is 1. The second-order valence-electron chi connectivity index (χ2n) is 5.08. The molecule has 0 spiro atoms. The Kier molecular flexibility index (Phi) is 5.95. The third-order valence-corrected chi connectivity index (χ3v) is 3.88. The van der Waals surface area contributed by atoms with E-state index in [2.05, 4.69) is 0 Å². The summed E-state index contributed by atoms with van der Waals surface area (Å²) in [6, 6.07) is 4.02. The van der Waals surface area contributed by atoms with Crippen LogP contribution in [-0.4, -0.2) is 34.9 Å². The van der Waals surface area contributed by atoms with Crippen LogP contribution in [0.2, 0.25) is 5.02 Å². The van der Waals surface area contributed by atoms with Crippen LogP contribution in [0.15, 0.2) is 18.2 Å². The van der Waals surface area contributed by atoms with Crippen LogP contribution in [0.5, 0.6) is 0 Å². The van der Waals surface area contributed by atoms with Crippen LogP contribution in [0, 0.1) is 16.0 Å². The number of carbonyl (C=O) groups is 1. The maximum Gasteiger partial charge on any atom is 0.282 e. The van der Waals surface area contributed by atoms with Crippen molar-refractivity contribution >= 4 is 35.6 Å². The van der Waals surface area contributed by atoms with Crippen molar-refractivity contribution < 1.29 is 9.72 Å². The van der Waals surface area contributed by atoms with E-state index in [1.165, 1.54) is 18.2 Å². The van der Waals surface area contributed by atoms with Crippen LogP contribution >= 0.6 is 24.0 Å². The fourth-order valence-electron chi connectivity index (χ4n) is 2.41. The summed E-state index contributed by atoms with van der Waals surface area (Å²) in [7, 11) is 0. The molecule has 1 heterocycles. The van der Waals surface area contributed by atoms with Crippen molar-refractivity contribution in [3.63, 3.8) is 0 Å². The molecular weight excluding hydrogens is 317 g/mol. The molecule has 1 fully saturated rings. The summed E-state index contributed by atoms with van der Waals surface area (Å²) in [4.78, 5) is 24.4. The lowest BCUT2D eigenvalue weighted by Gasteiger charge is -2.18. The molecule has 1 saturated heterocycles. The van der Waals surface area contributed by atoms with E-state index in [0.29, 0.717) is 18.1 Å². The fraction of sp³-hybridized carbons (Fsp3) is 0.462. The zero-order valence-corrected chi connectivity index (χ0v) is 13.1. The Morgan fingerprint density at radius 1 is 1.57 bits per heavy atom. The van der Waals surface area contributed by atoms with Crippen LogP contribution < -0.4 is 5.73 Å². The average Bonchev–Trinajstić information content (AvgIpc) is 2.87. The molecule has 116 valence electrons. The van der Waals surface area contributed by atoms with Gasteiger partial charge >= 0.3 is 0 Å². The van der Waals surface area contributed by atoms with E-state index in [9.17, 15) is 14.9 Å². The maximum absolute atomic E-state index is 12.4. The van der Waals surface area contributed by atoms with Crippen molar-refractivity contribution in [1.82, 2.24) is 4.90 Å². The lowest BCUT2D eigenvalue weighted by molar-refractivity contribution is -0.385. The number of likely N-dealkylation sites (tertiary alicyclic amines) is 1. The zero-order chi connectivity index (χ0) is 14.9. The number of carbonyl (C=O) groups excluding carboxylic acids is 1. The highest BCUT2D eigenvalue weighted by atomic mass is 35.5. The molecule has 2 atom stereocenters. The summed E-state index contributed by atoms with van der Waals surface area (Å²) in [5.74, 6) is -0.125. The van der Waals surface area contributed by atoms with E-state index in [4.69, 9.17) is 17.3 Å². The second kappa shape index (κ2) is 7.06. The second-order valence-corrected chi connectivity index (χ2v) is 5.51. The van der Waals surface area contributed by atoms with Crippen molar-refractivity contribution in [3.05, 3.63) is 38.9 Å². The molecule has 8 heteroatoms. The summed E-state index contributed by atoms with van der Waals surface area (Å²) >= 11 is 5.84. The van der Waals surface area contributed by atoms with Crippen LogP contribution in [0.3, 0.4) is 0 Å². The number of hydrogen-bond donors (Lipinski definition) is 1. The van der Waals surface area contributed by atoms with E-state index >= 15 is 0 Å². The minimum Gasteiger partial charge on any atom is -0.338 e. The number of rotatable bonds is 3. The topological polar surface area (TPSA) is 89.5 Å². The van der Waals surface area contributed by atoms with Crippen molar-refractivity contribution in [1.29, 1.82) is 0 Å². The van der Waals surface area contributed by atoms with Gasteiger partial charge in [-0.1, -0.05) is 11.6 Å². The first-order valence-corrected chi connectivity index (χ1v) is 6.76. The standard InChI is InChI=1S/C13H16ClN3O3.ClH/c1-8(15)9-4-5-16(7-9)13(18)11-6-10(14)2-3-12(11)17(19)20;/h2-3,6,8-9H,4-5,7,15H2,1H3;1H. The van der Waals surface area contributed by atoms with Gasteiger partial charge in [0.05, 0.1) is 4.92 Å². The molecule has 2 rings (SSSR count). The number of benzene rings is 1. The number of nitro benzene ring substituents is 1. The molecular formula is C13H17Cl2N3O3. The Morgan fingerprint density at radius 2 is 2.24 bits per heavy atom. The van der Waals surface area contributed by atoms with E-state index in [-0.39, 0.29) is 41.5 Å². The van der Waals surface area contributed by atoms with Gasteiger partial charge in [0, 0.05) is 30.2 Å². The predicted octanol–water partition coefficient (Wildman–Crippen LogP) is 2.48. The number of hydrogen-bond acceptors (Lipinski definition) is 4. The highest BCUT2D eigenvalue weighted by molar-refractivity contribution is 6.31. The smallest absolute Gasteiger partial charge is 0.282 e. The third kappa shape index (κ3) is 3.84. The van der Waals surface area contributed by atoms with Gasteiger partial charge in [-0.2, -0.15) is 0 Å². The summed E-state index contributed by atoms with van der Waals surface area (Å²) < 4.78 is 0. The number of nitrogens with two attached hydrogens (primary N) is 1. The molecule has 21 heavy (non-hydrogen) atoms. The molecule has 0 bridgehead atoms. The fourth-order valence-corrected chi connectivity index (χ4v) is 2.58. The highest BCUT2D eigenvalue weighted by Crippen LogP contribution is 2.27. The first-order valence-electron chi connectivity index (χ1n) is 6.39. The predicted molar refractivity (Wildman–Crippen MR) is 83.0 cm³/mol. The van der Waals surface area contributed by atoms with Crippen molar-refractivity contribution in [3.8, 4) is 0 Å². The average molecular weight is 334 g/mol. The van der Waals surface area contributed by atoms with E-state index in [0.717, 1.165) is 6.42 Å². The quantitative estimate of drug-likeness (QED) is 0.679. The van der Waals surface area contributed by atoms with Gasteiger partial charge in [0.1, 0.15) is 5.56 Å². The van der Waals surface area contributed by atoms with Gasteiger partial charge in [0.15, 0.2) is 0 Å². The van der Waals surface area contributed by atoms with Crippen molar-refractivity contribution in [2.75, 3.05) is 13.1 Å². The van der Waals surface area contributed by atoms with Crippen LogP contribution in [0.1, 0.15) is 23.7 Å². The van der Waals surface area contributed by atoms with Crippen molar-refractivity contribution in [2.45, 2.75) is 19.4 Å². The molecule has 2 N–H and O–H groups in total. The molecule has 2 unspecified atom stereocenters. The summed E-state index contributed by atoms with van der Waals surface area (Å²) in [5, 5.41) is 11.3. The summed E-state index contributed by atoms with van der Waals surface area (Å²) in [6.45, 7) is 3.00. The maximum atomic E-state index is 12.4. The van der Waals surface area contributed by atoms with Gasteiger partial charge in [0.2, 0.25) is 0 Å². The lowest BCUT2D eigenvalue weighted by Crippen LogP contribution is -2.33. The Hall–Kier alpha value is -1.37. The molecule has 0 aromatic heterocycles. The van der Waals surface area contributed by atoms with Gasteiger partial charge in [0.25, 0.3) is 11.6 Å². The van der Waals surface area contributed by atoms with E-state index in [1.807, 2.05) is 6.92 Å². The van der Waals surface area contributed by atoms with E-state index < -0.39 is 4.92 Å². The Morgan fingerprint density at radius 3 is 2.76 bits per heavy atom. The SMILES string of the molecule is CC(N)C1CCN(C(=O)c2cc(Cl)ccc2[N+](=O)[O-])C1.Cl. The van der Waals surface area contributed by atoms with Gasteiger partial charge in [-0.15, -0.1) is 12.4 Å². The Labute approximate surface area is 133 Å². The molecule has 1 amide bonds. The number of amides is 1. The first-order chi connectivity index (χ1) is 9.40. The molecule has 0 radical (unpaired) electrons. The van der Waals surface area contributed by atoms with Gasteiger partial charge in [-0.05, 0) is 31.4 Å². The van der Waals surface area contributed by atoms with Gasteiger partial charge in [-0.3, -0.25) is 14.9 Å². The number of nitrogens with zero attached hydrogens (tertiary/aromatic N) is 2. The molecule has 1 aliphatic rings. The summed E-state index contributed by atoms with van der Waals surface area (Å²) in [5.41, 5.74) is 5.65. The van der Waals surface area contributed by atoms with Crippen LogP contribution in [-0.2, 0) is 0 Å². The van der Waals surface area contributed by atoms with Crippen molar-refractivity contribution in [2.24, 2.45) is 11.7 Å². The Balaban J connectivity index is 0.00000220. The molecule has 0 saturated carbocycles. The number of halogens is 2. The Bertz CT molecular complexity index is 551. The molecule has 1 aromatic carbocycles. The molecule has 1 aliphatic heterocycles. The molecule has 6 nitrogen and oxygen atoms in total. The summed E-state index contributed by atoms with van der Waals surface area (Å²) in [6.07, 6.45) is 0.817. The largest absolute Gasteiger partial charge is 0.338 e. The third-order valence-electron chi connectivity index (χ3n) is 3.64. The minimum absolute atomic E-state index is 0. The lowest BCUT2D eigenvalue weighted by atomic mass is 10.0. The van der Waals surface area contributed by atoms with Crippen LogP contribution in [0.25, 0.3) is 0 Å². The molecule has 1 aromatic rings. The zero-order valence-electron chi connectivity index (χ0n) is 11.5. The normalized spacial score (nSPS) is 19.0. The van der Waals surface area contributed by atoms with Gasteiger partial charge < -0.3 is 10.6 Å².